The number of nitrogens with zero attached hydrogens (tertiary/aromatic N) is 1. The maximum Gasteiger partial charge on any atom is 0.237 e. The monoisotopic (exact) mass is 339 g/mol. The van der Waals surface area contributed by atoms with Gasteiger partial charge in [0.05, 0.1) is 6.04 Å². The van der Waals surface area contributed by atoms with E-state index >= 15 is 0 Å². The number of carbonyl (C=O) groups is 2. The van der Waals surface area contributed by atoms with E-state index in [1.165, 1.54) is 0 Å². The summed E-state index contributed by atoms with van der Waals surface area (Å²) >= 11 is 0. The van der Waals surface area contributed by atoms with Gasteiger partial charge in [0.1, 0.15) is 0 Å². The highest BCUT2D eigenvalue weighted by Crippen LogP contribution is 2.17. The van der Waals surface area contributed by atoms with E-state index in [1.807, 2.05) is 36.1 Å². The van der Waals surface area contributed by atoms with Crippen molar-refractivity contribution in [3.8, 4) is 0 Å². The Bertz CT molecular complexity index is 536. The number of amides is 2. The van der Waals surface area contributed by atoms with Crippen LogP contribution in [0.15, 0.2) is 24.3 Å². The number of carbonyl (C=O) groups excluding carboxylic acids is 2. The lowest BCUT2D eigenvalue weighted by molar-refractivity contribution is -0.128. The molecule has 1 unspecified atom stereocenters. The van der Waals surface area contributed by atoms with E-state index < -0.39 is 6.04 Å². The average molecular weight is 340 g/mol. The molecule has 1 aromatic carbocycles. The Morgan fingerprint density at radius 1 is 1.35 bits per heavy atom. The molecule has 1 atom stereocenters. The van der Waals surface area contributed by atoms with Crippen LogP contribution < -0.4 is 11.1 Å². The van der Waals surface area contributed by atoms with Gasteiger partial charge in [0.15, 0.2) is 0 Å². The summed E-state index contributed by atoms with van der Waals surface area (Å²) in [6.45, 7) is 3.90. The minimum absolute atomic E-state index is 0. The second-order valence-corrected chi connectivity index (χ2v) is 5.80. The van der Waals surface area contributed by atoms with Gasteiger partial charge < -0.3 is 16.0 Å². The molecule has 0 aliphatic carbocycles. The summed E-state index contributed by atoms with van der Waals surface area (Å²) < 4.78 is 0. The number of hydrogen-bond donors (Lipinski definition) is 2. The van der Waals surface area contributed by atoms with Gasteiger partial charge in [0.25, 0.3) is 0 Å². The fourth-order valence-corrected chi connectivity index (χ4v) is 2.72. The lowest BCUT2D eigenvalue weighted by Crippen LogP contribution is -2.40. The van der Waals surface area contributed by atoms with Crippen LogP contribution in [0.25, 0.3) is 0 Å². The van der Waals surface area contributed by atoms with Gasteiger partial charge in [0, 0.05) is 26.1 Å². The van der Waals surface area contributed by atoms with Crippen LogP contribution in [0.3, 0.4) is 0 Å². The number of nitrogens with two attached hydrogens (primary N) is 1. The van der Waals surface area contributed by atoms with Crippen molar-refractivity contribution in [3.05, 3.63) is 35.4 Å². The van der Waals surface area contributed by atoms with Crippen molar-refractivity contribution in [1.29, 1.82) is 0 Å². The van der Waals surface area contributed by atoms with Gasteiger partial charge in [-0.2, -0.15) is 0 Å². The van der Waals surface area contributed by atoms with E-state index in [0.717, 1.165) is 30.5 Å². The van der Waals surface area contributed by atoms with Crippen molar-refractivity contribution in [2.75, 3.05) is 6.54 Å². The molecule has 0 radical (unpaired) electrons. The van der Waals surface area contributed by atoms with Crippen molar-refractivity contribution in [1.82, 2.24) is 10.2 Å². The molecular weight excluding hydrogens is 314 g/mol. The maximum atomic E-state index is 11.9. The van der Waals surface area contributed by atoms with Crippen LogP contribution in [0, 0.1) is 0 Å². The average Bonchev–Trinajstić information content (AvgIpc) is 2.91. The molecule has 128 valence electrons. The summed E-state index contributed by atoms with van der Waals surface area (Å²) in [4.78, 5) is 25.5. The van der Waals surface area contributed by atoms with Crippen molar-refractivity contribution in [2.24, 2.45) is 5.73 Å². The van der Waals surface area contributed by atoms with Gasteiger partial charge in [-0.3, -0.25) is 9.59 Å². The van der Waals surface area contributed by atoms with Crippen molar-refractivity contribution < 1.29 is 9.59 Å². The second kappa shape index (κ2) is 9.53. The van der Waals surface area contributed by atoms with Crippen LogP contribution in [0.4, 0.5) is 0 Å². The van der Waals surface area contributed by atoms with E-state index in [1.54, 1.807) is 0 Å². The molecule has 23 heavy (non-hydrogen) atoms. The first-order valence-electron chi connectivity index (χ1n) is 7.99. The largest absolute Gasteiger partial charge is 0.351 e. The SMILES string of the molecule is CCCC(N)C(=O)NCc1ccccc1CN1CCCC1=O.Cl. The predicted molar refractivity (Wildman–Crippen MR) is 93.1 cm³/mol. The summed E-state index contributed by atoms with van der Waals surface area (Å²) in [6, 6.07) is 7.46. The first-order chi connectivity index (χ1) is 10.6. The van der Waals surface area contributed by atoms with Crippen LogP contribution >= 0.6 is 12.4 Å². The first-order valence-corrected chi connectivity index (χ1v) is 7.99. The van der Waals surface area contributed by atoms with Crippen LogP contribution in [-0.4, -0.2) is 29.3 Å². The third-order valence-corrected chi connectivity index (χ3v) is 4.04. The molecule has 5 nitrogen and oxygen atoms in total. The summed E-state index contributed by atoms with van der Waals surface area (Å²) in [5, 5.41) is 2.89. The van der Waals surface area contributed by atoms with Gasteiger partial charge in [0.2, 0.25) is 11.8 Å². The van der Waals surface area contributed by atoms with Gasteiger partial charge in [-0.1, -0.05) is 37.6 Å². The smallest absolute Gasteiger partial charge is 0.237 e. The molecular formula is C17H26ClN3O2. The first kappa shape index (κ1) is 19.5. The summed E-state index contributed by atoms with van der Waals surface area (Å²) in [7, 11) is 0. The molecule has 0 spiro atoms. The Kier molecular flexibility index (Phi) is 8.06. The topological polar surface area (TPSA) is 75.4 Å². The molecule has 2 rings (SSSR count). The van der Waals surface area contributed by atoms with Gasteiger partial charge in [-0.25, -0.2) is 0 Å². The number of nitrogens with one attached hydrogen (secondary N) is 1. The van der Waals surface area contributed by atoms with Crippen molar-refractivity contribution >= 4 is 24.2 Å². The molecule has 1 aliphatic heterocycles. The minimum Gasteiger partial charge on any atom is -0.351 e. The van der Waals surface area contributed by atoms with Crippen LogP contribution in [0.2, 0.25) is 0 Å². The number of benzene rings is 1. The molecule has 0 aromatic heterocycles. The van der Waals surface area contributed by atoms with E-state index in [-0.39, 0.29) is 24.2 Å². The highest BCUT2D eigenvalue weighted by atomic mass is 35.5. The quantitative estimate of drug-likeness (QED) is 0.797. The molecule has 6 heteroatoms. The molecule has 1 aliphatic rings. The summed E-state index contributed by atoms with van der Waals surface area (Å²) in [5.74, 6) is 0.0951. The minimum atomic E-state index is -0.447. The van der Waals surface area contributed by atoms with E-state index in [9.17, 15) is 9.59 Å². The van der Waals surface area contributed by atoms with Gasteiger partial charge >= 0.3 is 0 Å². The summed E-state index contributed by atoms with van der Waals surface area (Å²) in [5.41, 5.74) is 7.94. The standard InChI is InChI=1S/C17H25N3O2.ClH/c1-2-6-15(18)17(22)19-11-13-7-3-4-8-14(13)12-20-10-5-9-16(20)21;/h3-4,7-8,15H,2,5-6,9-12,18H2,1H3,(H,19,22);1H. The Morgan fingerprint density at radius 2 is 2.04 bits per heavy atom. The van der Waals surface area contributed by atoms with Crippen LogP contribution in [0.5, 0.6) is 0 Å². The maximum absolute atomic E-state index is 11.9. The number of hydrogen-bond acceptors (Lipinski definition) is 3. The lowest BCUT2D eigenvalue weighted by atomic mass is 10.1. The number of rotatable bonds is 7. The predicted octanol–water partition coefficient (Wildman–Crippen LogP) is 1.97. The van der Waals surface area contributed by atoms with Gasteiger partial charge in [-0.05, 0) is 24.0 Å². The Labute approximate surface area is 144 Å². The van der Waals surface area contributed by atoms with Crippen LogP contribution in [0.1, 0.15) is 43.7 Å². The fourth-order valence-electron chi connectivity index (χ4n) is 2.72. The van der Waals surface area contributed by atoms with E-state index in [0.29, 0.717) is 25.9 Å². The Morgan fingerprint density at radius 3 is 2.65 bits per heavy atom. The zero-order valence-corrected chi connectivity index (χ0v) is 14.4. The fraction of sp³-hybridized carbons (Fsp3) is 0.529. The summed E-state index contributed by atoms with van der Waals surface area (Å²) in [6.07, 6.45) is 3.16. The normalized spacial score (nSPS) is 15.2. The zero-order valence-electron chi connectivity index (χ0n) is 13.6. The van der Waals surface area contributed by atoms with Gasteiger partial charge in [-0.15, -0.1) is 12.4 Å². The third kappa shape index (κ3) is 5.52. The highest BCUT2D eigenvalue weighted by Gasteiger charge is 2.21. The Balaban J connectivity index is 0.00000264. The van der Waals surface area contributed by atoms with Crippen molar-refractivity contribution in [3.63, 3.8) is 0 Å². The van der Waals surface area contributed by atoms with Crippen LogP contribution in [-0.2, 0) is 22.7 Å². The molecule has 2 amide bonds. The number of likely N-dealkylation sites (tertiary alicyclic amines) is 1. The molecule has 3 N–H and O–H groups in total. The van der Waals surface area contributed by atoms with Crippen molar-refractivity contribution in [2.45, 2.75) is 51.7 Å². The molecule has 1 fully saturated rings. The molecule has 1 saturated heterocycles. The zero-order chi connectivity index (χ0) is 15.9. The molecule has 0 bridgehead atoms. The highest BCUT2D eigenvalue weighted by molar-refractivity contribution is 5.85. The molecule has 1 aromatic rings. The second-order valence-electron chi connectivity index (χ2n) is 5.80. The number of halogens is 1. The Hall–Kier alpha value is -1.59. The van der Waals surface area contributed by atoms with E-state index in [4.69, 9.17) is 5.73 Å². The molecule has 0 saturated carbocycles. The molecule has 1 heterocycles. The van der Waals surface area contributed by atoms with E-state index in [2.05, 4.69) is 5.32 Å². The lowest BCUT2D eigenvalue weighted by Gasteiger charge is -2.19. The third-order valence-electron chi connectivity index (χ3n) is 4.04.